The molecule has 2 bridgehead atoms. The van der Waals surface area contributed by atoms with Gasteiger partial charge >= 0.3 is 0 Å². The van der Waals surface area contributed by atoms with Gasteiger partial charge in [0.2, 0.25) is 0 Å². The van der Waals surface area contributed by atoms with Gasteiger partial charge in [-0.05, 0) is 38.0 Å². The van der Waals surface area contributed by atoms with Crippen LogP contribution in [-0.4, -0.2) is 18.5 Å². The van der Waals surface area contributed by atoms with Gasteiger partial charge in [0.25, 0.3) is 0 Å². The molecule has 2 aliphatic rings. The standard InChI is InChI=1S/C9H14O2/c10-5-6-11-9-3-1-8(7-9)2-4-9/h5,8H,1-4,6-7H2. The molecule has 0 atom stereocenters. The SMILES string of the molecule is O=CCOC12CCC(CC1)C2. The third kappa shape index (κ3) is 1.20. The van der Waals surface area contributed by atoms with Gasteiger partial charge in [-0.3, -0.25) is 0 Å². The maximum Gasteiger partial charge on any atom is 0.145 e. The maximum absolute atomic E-state index is 10.1. The van der Waals surface area contributed by atoms with E-state index in [1.807, 2.05) is 0 Å². The van der Waals surface area contributed by atoms with Crippen molar-refractivity contribution in [1.82, 2.24) is 0 Å². The predicted octanol–water partition coefficient (Wildman–Crippen LogP) is 1.53. The number of fused-ring (bicyclic) bond motifs is 2. The van der Waals surface area contributed by atoms with E-state index < -0.39 is 0 Å². The van der Waals surface area contributed by atoms with Gasteiger partial charge < -0.3 is 9.53 Å². The lowest BCUT2D eigenvalue weighted by atomic mass is 9.97. The molecular formula is C9H14O2. The van der Waals surface area contributed by atoms with E-state index in [4.69, 9.17) is 4.74 Å². The molecule has 0 saturated heterocycles. The molecule has 2 saturated carbocycles. The molecular weight excluding hydrogens is 140 g/mol. The summed E-state index contributed by atoms with van der Waals surface area (Å²) in [4.78, 5) is 10.1. The van der Waals surface area contributed by atoms with E-state index in [2.05, 4.69) is 0 Å². The topological polar surface area (TPSA) is 26.3 Å². The first-order chi connectivity index (χ1) is 5.35. The summed E-state index contributed by atoms with van der Waals surface area (Å²) in [7, 11) is 0. The second-order valence-corrected chi connectivity index (χ2v) is 3.81. The Balaban J connectivity index is 1.94. The number of hydrogen-bond acceptors (Lipinski definition) is 2. The molecule has 0 aromatic heterocycles. The largest absolute Gasteiger partial charge is 0.368 e. The maximum atomic E-state index is 10.1. The van der Waals surface area contributed by atoms with E-state index >= 15 is 0 Å². The van der Waals surface area contributed by atoms with Crippen molar-refractivity contribution >= 4 is 6.29 Å². The number of hydrogen-bond donors (Lipinski definition) is 0. The first-order valence-electron chi connectivity index (χ1n) is 4.42. The van der Waals surface area contributed by atoms with Gasteiger partial charge in [-0.1, -0.05) is 0 Å². The smallest absolute Gasteiger partial charge is 0.145 e. The van der Waals surface area contributed by atoms with E-state index in [-0.39, 0.29) is 5.60 Å². The van der Waals surface area contributed by atoms with Crippen LogP contribution in [-0.2, 0) is 9.53 Å². The van der Waals surface area contributed by atoms with E-state index in [9.17, 15) is 4.79 Å². The van der Waals surface area contributed by atoms with Crippen LogP contribution in [0, 0.1) is 5.92 Å². The Labute approximate surface area is 66.9 Å². The Morgan fingerprint density at radius 3 is 2.64 bits per heavy atom. The quantitative estimate of drug-likeness (QED) is 0.576. The molecule has 0 radical (unpaired) electrons. The highest BCUT2D eigenvalue weighted by Gasteiger charge is 2.45. The first-order valence-corrected chi connectivity index (χ1v) is 4.42. The molecule has 0 heterocycles. The Morgan fingerprint density at radius 2 is 2.18 bits per heavy atom. The fraction of sp³-hybridized carbons (Fsp3) is 0.889. The van der Waals surface area contributed by atoms with E-state index in [0.29, 0.717) is 6.61 Å². The molecule has 11 heavy (non-hydrogen) atoms. The third-order valence-corrected chi connectivity index (χ3v) is 3.13. The minimum atomic E-state index is 0.131. The van der Waals surface area contributed by atoms with Gasteiger partial charge in [0.1, 0.15) is 12.9 Å². The van der Waals surface area contributed by atoms with Crippen LogP contribution in [0.1, 0.15) is 32.1 Å². The number of rotatable bonds is 3. The molecule has 2 heteroatoms. The van der Waals surface area contributed by atoms with Crippen molar-refractivity contribution in [2.75, 3.05) is 6.61 Å². The van der Waals surface area contributed by atoms with Crippen LogP contribution in [0.15, 0.2) is 0 Å². The highest BCUT2D eigenvalue weighted by atomic mass is 16.5. The average Bonchev–Trinajstić information content (AvgIpc) is 2.60. The van der Waals surface area contributed by atoms with E-state index in [0.717, 1.165) is 12.2 Å². The zero-order valence-corrected chi connectivity index (χ0v) is 6.71. The van der Waals surface area contributed by atoms with Crippen molar-refractivity contribution in [1.29, 1.82) is 0 Å². The molecule has 2 rings (SSSR count). The van der Waals surface area contributed by atoms with Crippen LogP contribution in [0.25, 0.3) is 0 Å². The van der Waals surface area contributed by atoms with E-state index in [1.54, 1.807) is 0 Å². The molecule has 0 aliphatic heterocycles. The predicted molar refractivity (Wildman–Crippen MR) is 41.3 cm³/mol. The first kappa shape index (κ1) is 7.29. The molecule has 0 N–H and O–H groups in total. The van der Waals surface area contributed by atoms with E-state index in [1.165, 1.54) is 32.1 Å². The molecule has 0 aromatic rings. The molecule has 2 fully saturated rings. The fourth-order valence-corrected chi connectivity index (χ4v) is 2.55. The lowest BCUT2D eigenvalue weighted by molar-refractivity contribution is -0.118. The summed E-state index contributed by atoms with van der Waals surface area (Å²) in [5.41, 5.74) is 0.131. The van der Waals surface area contributed by atoms with Crippen molar-refractivity contribution in [3.8, 4) is 0 Å². The normalized spacial score (nSPS) is 41.3. The lowest BCUT2D eigenvalue weighted by Crippen LogP contribution is -2.27. The Bertz CT molecular complexity index is 157. The van der Waals surface area contributed by atoms with Crippen LogP contribution < -0.4 is 0 Å². The number of carbonyl (C=O) groups excluding carboxylic acids is 1. The van der Waals surface area contributed by atoms with Gasteiger partial charge in [-0.15, -0.1) is 0 Å². The van der Waals surface area contributed by atoms with Crippen LogP contribution in [0.5, 0.6) is 0 Å². The van der Waals surface area contributed by atoms with Crippen molar-refractivity contribution < 1.29 is 9.53 Å². The number of ether oxygens (including phenoxy) is 1. The highest BCUT2D eigenvalue weighted by Crippen LogP contribution is 2.49. The summed E-state index contributed by atoms with van der Waals surface area (Å²) in [6.45, 7) is 0.298. The molecule has 0 aromatic carbocycles. The van der Waals surface area contributed by atoms with Crippen molar-refractivity contribution in [3.63, 3.8) is 0 Å². The molecule has 0 spiro atoms. The van der Waals surface area contributed by atoms with Crippen molar-refractivity contribution in [3.05, 3.63) is 0 Å². The third-order valence-electron chi connectivity index (χ3n) is 3.13. The Morgan fingerprint density at radius 1 is 1.45 bits per heavy atom. The summed E-state index contributed by atoms with van der Waals surface area (Å²) in [5, 5.41) is 0. The molecule has 2 nitrogen and oxygen atoms in total. The summed E-state index contributed by atoms with van der Waals surface area (Å²) in [5.74, 6) is 0.904. The zero-order chi connectivity index (χ0) is 7.73. The minimum absolute atomic E-state index is 0.131. The molecule has 62 valence electrons. The summed E-state index contributed by atoms with van der Waals surface area (Å²) in [6, 6.07) is 0. The van der Waals surface area contributed by atoms with Crippen LogP contribution in [0.3, 0.4) is 0 Å². The van der Waals surface area contributed by atoms with Crippen molar-refractivity contribution in [2.24, 2.45) is 5.92 Å². The van der Waals surface area contributed by atoms with Gasteiger partial charge in [0.05, 0.1) is 5.60 Å². The van der Waals surface area contributed by atoms with Crippen LogP contribution in [0.4, 0.5) is 0 Å². The highest BCUT2D eigenvalue weighted by molar-refractivity contribution is 5.50. The van der Waals surface area contributed by atoms with Crippen molar-refractivity contribution in [2.45, 2.75) is 37.7 Å². The number of aldehydes is 1. The van der Waals surface area contributed by atoms with Crippen LogP contribution in [0.2, 0.25) is 0 Å². The summed E-state index contributed by atoms with van der Waals surface area (Å²) >= 11 is 0. The van der Waals surface area contributed by atoms with Crippen LogP contribution >= 0.6 is 0 Å². The Hall–Kier alpha value is -0.370. The van der Waals surface area contributed by atoms with Gasteiger partial charge in [0.15, 0.2) is 0 Å². The second-order valence-electron chi connectivity index (χ2n) is 3.81. The second kappa shape index (κ2) is 2.59. The average molecular weight is 154 g/mol. The monoisotopic (exact) mass is 154 g/mol. The Kier molecular flexibility index (Phi) is 1.72. The molecule has 2 aliphatic carbocycles. The van der Waals surface area contributed by atoms with Gasteiger partial charge in [0, 0.05) is 0 Å². The minimum Gasteiger partial charge on any atom is -0.368 e. The molecule has 0 unspecified atom stereocenters. The van der Waals surface area contributed by atoms with Gasteiger partial charge in [-0.2, -0.15) is 0 Å². The summed E-state index contributed by atoms with van der Waals surface area (Å²) < 4.78 is 5.56. The lowest BCUT2D eigenvalue weighted by Gasteiger charge is -2.25. The van der Waals surface area contributed by atoms with Gasteiger partial charge in [-0.25, -0.2) is 0 Å². The fourth-order valence-electron chi connectivity index (χ4n) is 2.55. The number of carbonyl (C=O) groups is 1. The molecule has 0 amide bonds. The summed E-state index contributed by atoms with van der Waals surface area (Å²) in [6.07, 6.45) is 7.08. The zero-order valence-electron chi connectivity index (χ0n) is 6.71.